The number of esters is 2. The van der Waals surface area contributed by atoms with Gasteiger partial charge in [0.25, 0.3) is 0 Å². The lowest BCUT2D eigenvalue weighted by Crippen LogP contribution is -2.30. The lowest BCUT2D eigenvalue weighted by atomic mass is 10.0. The fraction of sp³-hybridized carbons (Fsp3) is 0.875. The molecule has 332 valence electrons. The molecule has 0 aliphatic heterocycles. The average Bonchev–Trinajstić information content (AvgIpc) is 3.19. The number of carbonyl (C=O) groups is 2. The summed E-state index contributed by atoms with van der Waals surface area (Å²) in [6.45, 7) is 11.0. The number of nitrogens with two attached hydrogens (primary N) is 1. The van der Waals surface area contributed by atoms with Crippen molar-refractivity contribution in [3.8, 4) is 0 Å². The zero-order valence-corrected chi connectivity index (χ0v) is 37.6. The van der Waals surface area contributed by atoms with Crippen LogP contribution in [-0.4, -0.2) is 58.7 Å². The molecule has 1 heterocycles. The van der Waals surface area contributed by atoms with Crippen LogP contribution in [0, 0.1) is 0 Å². The Bertz CT molecular complexity index is 1130. The van der Waals surface area contributed by atoms with Gasteiger partial charge < -0.3 is 20.1 Å². The molecule has 0 fully saturated rings. The summed E-state index contributed by atoms with van der Waals surface area (Å²) in [7, 11) is 0. The molecular formula is C48H90N4O5. The van der Waals surface area contributed by atoms with Gasteiger partial charge in [-0.05, 0) is 89.9 Å². The molecule has 0 bridgehead atoms. The standard InChI is InChI=1S/C48H90N4O5/c1-4-7-10-13-15-24-31-43-56-46(53)35-27-20-16-22-29-38-51(40-32-41-52-42-37-45(49)50-48(52)55)39-30-23-17-21-28-36-47(54)57-44(33-25-18-12-9-6-3)34-26-19-14-11-8-5-2/h37,42,44H,4-36,38-41,43H2,1-3H3,(H2,49,50,55). The van der Waals surface area contributed by atoms with Crippen LogP contribution in [0.5, 0.6) is 0 Å². The van der Waals surface area contributed by atoms with Crippen LogP contribution in [-0.2, 0) is 25.6 Å². The van der Waals surface area contributed by atoms with E-state index in [9.17, 15) is 14.4 Å². The van der Waals surface area contributed by atoms with Gasteiger partial charge in [-0.25, -0.2) is 4.79 Å². The van der Waals surface area contributed by atoms with Crippen LogP contribution in [0.2, 0.25) is 0 Å². The molecule has 0 spiro atoms. The van der Waals surface area contributed by atoms with Crippen LogP contribution < -0.4 is 11.4 Å². The van der Waals surface area contributed by atoms with Crippen molar-refractivity contribution in [2.24, 2.45) is 0 Å². The average molecular weight is 803 g/mol. The third-order valence-corrected chi connectivity index (χ3v) is 11.3. The molecule has 57 heavy (non-hydrogen) atoms. The predicted molar refractivity (Wildman–Crippen MR) is 240 cm³/mol. The number of carbonyl (C=O) groups excluding carboxylic acids is 2. The fourth-order valence-electron chi connectivity index (χ4n) is 7.63. The summed E-state index contributed by atoms with van der Waals surface area (Å²) < 4.78 is 13.1. The third kappa shape index (κ3) is 33.1. The number of unbranched alkanes of at least 4 members (excludes halogenated alkanes) is 23. The van der Waals surface area contributed by atoms with E-state index in [-0.39, 0.29) is 29.6 Å². The van der Waals surface area contributed by atoms with Gasteiger partial charge in [0.2, 0.25) is 0 Å². The highest BCUT2D eigenvalue weighted by Crippen LogP contribution is 2.18. The van der Waals surface area contributed by atoms with E-state index in [1.807, 2.05) is 0 Å². The van der Waals surface area contributed by atoms with Crippen molar-refractivity contribution in [1.29, 1.82) is 0 Å². The largest absolute Gasteiger partial charge is 0.466 e. The Morgan fingerprint density at radius 1 is 0.596 bits per heavy atom. The fourth-order valence-corrected chi connectivity index (χ4v) is 7.63. The van der Waals surface area contributed by atoms with E-state index in [1.54, 1.807) is 16.8 Å². The van der Waals surface area contributed by atoms with Crippen molar-refractivity contribution in [1.82, 2.24) is 14.5 Å². The van der Waals surface area contributed by atoms with Crippen LogP contribution in [0.1, 0.15) is 233 Å². The first-order valence-corrected chi connectivity index (χ1v) is 24.3. The monoisotopic (exact) mass is 803 g/mol. The Morgan fingerprint density at radius 2 is 1.04 bits per heavy atom. The second-order valence-corrected chi connectivity index (χ2v) is 16.8. The second kappa shape index (κ2) is 39.1. The van der Waals surface area contributed by atoms with Gasteiger partial charge in [-0.15, -0.1) is 0 Å². The first kappa shape index (κ1) is 52.6. The van der Waals surface area contributed by atoms with Gasteiger partial charge in [-0.2, -0.15) is 4.98 Å². The maximum atomic E-state index is 12.8. The zero-order valence-electron chi connectivity index (χ0n) is 37.6. The molecule has 1 aromatic rings. The maximum Gasteiger partial charge on any atom is 0.349 e. The number of ether oxygens (including phenoxy) is 2. The first-order chi connectivity index (χ1) is 27.9. The van der Waals surface area contributed by atoms with Crippen LogP contribution >= 0.6 is 0 Å². The summed E-state index contributed by atoms with van der Waals surface area (Å²) in [5.41, 5.74) is 5.39. The van der Waals surface area contributed by atoms with Gasteiger partial charge in [0.15, 0.2) is 0 Å². The third-order valence-electron chi connectivity index (χ3n) is 11.3. The highest BCUT2D eigenvalue weighted by Gasteiger charge is 2.14. The number of anilines is 1. The van der Waals surface area contributed by atoms with Crippen molar-refractivity contribution >= 4 is 17.8 Å². The second-order valence-electron chi connectivity index (χ2n) is 16.8. The van der Waals surface area contributed by atoms with Gasteiger partial charge >= 0.3 is 17.6 Å². The van der Waals surface area contributed by atoms with Crippen LogP contribution in [0.3, 0.4) is 0 Å². The Labute approximate surface area is 350 Å². The quantitative estimate of drug-likeness (QED) is 0.0513. The number of aryl methyl sites for hydroxylation is 1. The molecule has 0 saturated heterocycles. The molecule has 0 aromatic carbocycles. The van der Waals surface area contributed by atoms with Crippen molar-refractivity contribution in [3.05, 3.63) is 22.7 Å². The Hall–Kier alpha value is -2.42. The molecule has 9 heteroatoms. The van der Waals surface area contributed by atoms with E-state index >= 15 is 0 Å². The summed E-state index contributed by atoms with van der Waals surface area (Å²) in [6.07, 6.45) is 39.1. The minimum absolute atomic E-state index is 0.000129. The summed E-state index contributed by atoms with van der Waals surface area (Å²) in [6, 6.07) is 1.68. The topological polar surface area (TPSA) is 117 Å². The number of aromatic nitrogens is 2. The molecule has 1 aromatic heterocycles. The Balaban J connectivity index is 2.34. The van der Waals surface area contributed by atoms with Gasteiger partial charge in [-0.1, -0.05) is 156 Å². The molecular weight excluding hydrogens is 713 g/mol. The minimum Gasteiger partial charge on any atom is -0.466 e. The molecule has 0 amide bonds. The molecule has 1 rings (SSSR count). The van der Waals surface area contributed by atoms with Crippen molar-refractivity contribution in [2.45, 2.75) is 245 Å². The summed E-state index contributed by atoms with van der Waals surface area (Å²) in [5, 5.41) is 0. The van der Waals surface area contributed by atoms with Crippen LogP contribution in [0.25, 0.3) is 0 Å². The lowest BCUT2D eigenvalue weighted by molar-refractivity contribution is -0.150. The summed E-state index contributed by atoms with van der Waals surface area (Å²) in [4.78, 5) is 43.6. The molecule has 0 aliphatic rings. The number of rotatable bonds is 42. The maximum absolute atomic E-state index is 12.8. The van der Waals surface area contributed by atoms with Gasteiger partial charge in [0.1, 0.15) is 11.9 Å². The van der Waals surface area contributed by atoms with Crippen molar-refractivity contribution in [3.63, 3.8) is 0 Å². The number of nitrogen functional groups attached to an aromatic ring is 1. The van der Waals surface area contributed by atoms with E-state index < -0.39 is 0 Å². The highest BCUT2D eigenvalue weighted by molar-refractivity contribution is 5.69. The Morgan fingerprint density at radius 3 is 1.56 bits per heavy atom. The molecule has 0 radical (unpaired) electrons. The highest BCUT2D eigenvalue weighted by atomic mass is 16.5. The van der Waals surface area contributed by atoms with Gasteiger partial charge in [0, 0.05) is 25.6 Å². The number of hydrogen-bond acceptors (Lipinski definition) is 8. The van der Waals surface area contributed by atoms with E-state index in [2.05, 4.69) is 30.7 Å². The first-order valence-electron chi connectivity index (χ1n) is 24.3. The summed E-state index contributed by atoms with van der Waals surface area (Å²) in [5.74, 6) is 0.217. The van der Waals surface area contributed by atoms with E-state index in [4.69, 9.17) is 15.2 Å². The van der Waals surface area contributed by atoms with Crippen molar-refractivity contribution < 1.29 is 19.1 Å². The normalized spacial score (nSPS) is 12.0. The SMILES string of the molecule is CCCCCCCCCOC(=O)CCCCCCCN(CCCCCCCC(=O)OC(CCCCCCC)CCCCCCCC)CCCn1ccc(N)nc1=O. The summed E-state index contributed by atoms with van der Waals surface area (Å²) >= 11 is 0. The number of nitrogens with zero attached hydrogens (tertiary/aromatic N) is 3. The molecule has 9 nitrogen and oxygen atoms in total. The minimum atomic E-state index is -0.289. The number of hydrogen-bond donors (Lipinski definition) is 1. The van der Waals surface area contributed by atoms with Crippen LogP contribution in [0.15, 0.2) is 17.1 Å². The smallest absolute Gasteiger partial charge is 0.349 e. The predicted octanol–water partition coefficient (Wildman–Crippen LogP) is 12.5. The molecule has 2 N–H and O–H groups in total. The molecule has 1 atom stereocenters. The zero-order chi connectivity index (χ0) is 41.4. The molecule has 1 unspecified atom stereocenters. The van der Waals surface area contributed by atoms with E-state index in [1.165, 1.54) is 103 Å². The van der Waals surface area contributed by atoms with Crippen molar-refractivity contribution in [2.75, 3.05) is 32.0 Å². The Kier molecular flexibility index (Phi) is 36.0. The van der Waals surface area contributed by atoms with Crippen LogP contribution in [0.4, 0.5) is 5.82 Å². The molecule has 0 aliphatic carbocycles. The van der Waals surface area contributed by atoms with E-state index in [0.717, 1.165) is 116 Å². The lowest BCUT2D eigenvalue weighted by Gasteiger charge is -2.22. The molecule has 0 saturated carbocycles. The van der Waals surface area contributed by atoms with Gasteiger partial charge in [-0.3, -0.25) is 14.2 Å². The van der Waals surface area contributed by atoms with E-state index in [0.29, 0.717) is 26.0 Å². The van der Waals surface area contributed by atoms with Gasteiger partial charge in [0.05, 0.1) is 6.61 Å².